The first-order chi connectivity index (χ1) is 9.03. The maximum absolute atomic E-state index is 12.1. The van der Waals surface area contributed by atoms with Gasteiger partial charge in [0.2, 0.25) is 5.91 Å². The van der Waals surface area contributed by atoms with Crippen LogP contribution in [0, 0.1) is 0 Å². The van der Waals surface area contributed by atoms with Crippen molar-refractivity contribution in [1.82, 2.24) is 5.32 Å². The number of hydrogen-bond donors (Lipinski definition) is 1. The van der Waals surface area contributed by atoms with Crippen molar-refractivity contribution in [3.05, 3.63) is 29.8 Å². The second kappa shape index (κ2) is 5.71. The van der Waals surface area contributed by atoms with Crippen LogP contribution in [0.25, 0.3) is 0 Å². The van der Waals surface area contributed by atoms with Crippen molar-refractivity contribution in [2.75, 3.05) is 29.5 Å². The van der Waals surface area contributed by atoms with Gasteiger partial charge in [-0.2, -0.15) is 0 Å². The number of carbonyl (C=O) groups excluding carboxylic acids is 1. The van der Waals surface area contributed by atoms with Crippen LogP contribution in [0.2, 0.25) is 0 Å². The maximum Gasteiger partial charge on any atom is 0.240 e. The lowest BCUT2D eigenvalue weighted by atomic mass is 10.1. The molecule has 1 amide bonds. The number of carbonyl (C=O) groups is 1. The van der Waals surface area contributed by atoms with Gasteiger partial charge in [0.15, 0.2) is 9.84 Å². The maximum atomic E-state index is 12.1. The van der Waals surface area contributed by atoms with Crippen LogP contribution in [0.1, 0.15) is 12.5 Å². The van der Waals surface area contributed by atoms with E-state index in [0.29, 0.717) is 6.54 Å². The molecule has 1 aromatic rings. The molecule has 0 unspecified atom stereocenters. The molecule has 0 saturated heterocycles. The number of benzene rings is 1. The number of nitrogens with one attached hydrogen (secondary N) is 1. The molecular formula is C13H18N2O3S. The second-order valence-corrected chi connectivity index (χ2v) is 6.99. The molecule has 104 valence electrons. The SMILES string of the molecule is CCS(=O)(=O)CCN1C(=O)CNCc2ccccc21. The van der Waals surface area contributed by atoms with Crippen molar-refractivity contribution in [3.8, 4) is 0 Å². The number of fused-ring (bicyclic) bond motifs is 1. The Morgan fingerprint density at radius 1 is 1.26 bits per heavy atom. The Balaban J connectivity index is 2.24. The van der Waals surface area contributed by atoms with E-state index in [4.69, 9.17) is 0 Å². The molecule has 0 bridgehead atoms. The first-order valence-electron chi connectivity index (χ1n) is 6.33. The summed E-state index contributed by atoms with van der Waals surface area (Å²) in [4.78, 5) is 13.6. The van der Waals surface area contributed by atoms with Crippen LogP contribution < -0.4 is 10.2 Å². The van der Waals surface area contributed by atoms with Crippen LogP contribution in [0.4, 0.5) is 5.69 Å². The molecule has 1 aliphatic heterocycles. The topological polar surface area (TPSA) is 66.5 Å². The molecule has 1 aromatic carbocycles. The van der Waals surface area contributed by atoms with E-state index in [0.717, 1.165) is 11.3 Å². The minimum absolute atomic E-state index is 0.00355. The molecule has 0 saturated carbocycles. The van der Waals surface area contributed by atoms with Crippen LogP contribution in [0.5, 0.6) is 0 Å². The Morgan fingerprint density at radius 3 is 2.74 bits per heavy atom. The zero-order valence-electron chi connectivity index (χ0n) is 10.9. The molecule has 5 nitrogen and oxygen atoms in total. The standard InChI is InChI=1S/C13H18N2O3S/c1-2-19(17,18)8-7-15-12-6-4-3-5-11(12)9-14-10-13(15)16/h3-6,14H,2,7-10H2,1H3. The molecule has 0 fully saturated rings. The Hall–Kier alpha value is -1.40. The molecule has 0 aromatic heterocycles. The average Bonchev–Trinajstić information content (AvgIpc) is 2.55. The summed E-state index contributed by atoms with van der Waals surface area (Å²) in [6.07, 6.45) is 0. The van der Waals surface area contributed by atoms with E-state index in [1.54, 1.807) is 11.8 Å². The highest BCUT2D eigenvalue weighted by atomic mass is 32.2. The van der Waals surface area contributed by atoms with Crippen LogP contribution in [-0.2, 0) is 21.2 Å². The first-order valence-corrected chi connectivity index (χ1v) is 8.15. The summed E-state index contributed by atoms with van der Waals surface area (Å²) in [6.45, 7) is 2.70. The van der Waals surface area contributed by atoms with E-state index in [-0.39, 0.29) is 30.5 Å². The van der Waals surface area contributed by atoms with Gasteiger partial charge in [0.1, 0.15) is 0 Å². The molecule has 1 aliphatic rings. The molecule has 0 atom stereocenters. The van der Waals surface area contributed by atoms with E-state index >= 15 is 0 Å². The van der Waals surface area contributed by atoms with Crippen molar-refractivity contribution in [1.29, 1.82) is 0 Å². The summed E-state index contributed by atoms with van der Waals surface area (Å²) in [5.74, 6) is 0.0228. The number of rotatable bonds is 4. The van der Waals surface area contributed by atoms with Crippen molar-refractivity contribution in [2.24, 2.45) is 0 Å². The quantitative estimate of drug-likeness (QED) is 0.876. The molecule has 0 aliphatic carbocycles. The third-order valence-electron chi connectivity index (χ3n) is 3.24. The minimum atomic E-state index is -3.07. The van der Waals surface area contributed by atoms with E-state index in [1.807, 2.05) is 24.3 Å². The van der Waals surface area contributed by atoms with Gasteiger partial charge in [0, 0.05) is 24.5 Å². The zero-order valence-corrected chi connectivity index (χ0v) is 11.7. The van der Waals surface area contributed by atoms with Gasteiger partial charge in [0.05, 0.1) is 12.3 Å². The van der Waals surface area contributed by atoms with E-state index in [2.05, 4.69) is 5.32 Å². The third-order valence-corrected chi connectivity index (χ3v) is 4.93. The van der Waals surface area contributed by atoms with Gasteiger partial charge in [-0.1, -0.05) is 25.1 Å². The lowest BCUT2D eigenvalue weighted by Gasteiger charge is -2.22. The average molecular weight is 282 g/mol. The lowest BCUT2D eigenvalue weighted by Crippen LogP contribution is -2.38. The summed E-state index contributed by atoms with van der Waals surface area (Å²) < 4.78 is 23.2. The summed E-state index contributed by atoms with van der Waals surface area (Å²) in [7, 11) is -3.07. The molecule has 0 radical (unpaired) electrons. The number of hydrogen-bond acceptors (Lipinski definition) is 4. The third kappa shape index (κ3) is 3.33. The Labute approximate surface area is 113 Å². The van der Waals surface area contributed by atoms with E-state index in [1.165, 1.54) is 0 Å². The van der Waals surface area contributed by atoms with Crippen molar-refractivity contribution >= 4 is 21.4 Å². The van der Waals surface area contributed by atoms with E-state index < -0.39 is 9.84 Å². The fourth-order valence-electron chi connectivity index (χ4n) is 2.08. The van der Waals surface area contributed by atoms with Gasteiger partial charge >= 0.3 is 0 Å². The molecule has 19 heavy (non-hydrogen) atoms. The van der Waals surface area contributed by atoms with Crippen molar-refractivity contribution in [2.45, 2.75) is 13.5 Å². The van der Waals surface area contributed by atoms with Crippen LogP contribution in [-0.4, -0.2) is 38.9 Å². The molecule has 1 N–H and O–H groups in total. The number of anilines is 1. The fraction of sp³-hybridized carbons (Fsp3) is 0.462. The predicted octanol–water partition coefficient (Wildman–Crippen LogP) is 0.558. The molecule has 1 heterocycles. The fourth-order valence-corrected chi connectivity index (χ4v) is 2.83. The van der Waals surface area contributed by atoms with Gasteiger partial charge in [0.25, 0.3) is 0 Å². The molecular weight excluding hydrogens is 264 g/mol. The molecule has 0 spiro atoms. The highest BCUT2D eigenvalue weighted by Gasteiger charge is 2.22. The minimum Gasteiger partial charge on any atom is -0.310 e. The molecule has 2 rings (SSSR count). The van der Waals surface area contributed by atoms with E-state index in [9.17, 15) is 13.2 Å². The number of nitrogens with zero attached hydrogens (tertiary/aromatic N) is 1. The van der Waals surface area contributed by atoms with Crippen LogP contribution >= 0.6 is 0 Å². The number of sulfone groups is 1. The normalized spacial score (nSPS) is 16.1. The Kier molecular flexibility index (Phi) is 4.21. The van der Waals surface area contributed by atoms with Gasteiger partial charge in [-0.25, -0.2) is 8.42 Å². The van der Waals surface area contributed by atoms with Gasteiger partial charge < -0.3 is 10.2 Å². The lowest BCUT2D eigenvalue weighted by molar-refractivity contribution is -0.117. The van der Waals surface area contributed by atoms with Crippen LogP contribution in [0.15, 0.2) is 24.3 Å². The Bertz CT molecular complexity index is 569. The van der Waals surface area contributed by atoms with Gasteiger partial charge in [-0.3, -0.25) is 4.79 Å². The van der Waals surface area contributed by atoms with Gasteiger partial charge in [-0.15, -0.1) is 0 Å². The van der Waals surface area contributed by atoms with Crippen molar-refractivity contribution in [3.63, 3.8) is 0 Å². The predicted molar refractivity (Wildman–Crippen MR) is 74.8 cm³/mol. The summed E-state index contributed by atoms with van der Waals surface area (Å²) in [6, 6.07) is 7.58. The second-order valence-electron chi connectivity index (χ2n) is 4.51. The van der Waals surface area contributed by atoms with Crippen LogP contribution in [0.3, 0.4) is 0 Å². The highest BCUT2D eigenvalue weighted by Crippen LogP contribution is 2.22. The Morgan fingerprint density at radius 2 is 2.00 bits per heavy atom. The molecule has 6 heteroatoms. The smallest absolute Gasteiger partial charge is 0.240 e. The largest absolute Gasteiger partial charge is 0.310 e. The first kappa shape index (κ1) is 14.0. The summed E-state index contributed by atoms with van der Waals surface area (Å²) >= 11 is 0. The number of amides is 1. The monoisotopic (exact) mass is 282 g/mol. The highest BCUT2D eigenvalue weighted by molar-refractivity contribution is 7.91. The zero-order chi connectivity index (χ0) is 13.9. The van der Waals surface area contributed by atoms with Crippen molar-refractivity contribution < 1.29 is 13.2 Å². The summed E-state index contributed by atoms with van der Waals surface area (Å²) in [5.41, 5.74) is 1.83. The number of para-hydroxylation sites is 1. The summed E-state index contributed by atoms with van der Waals surface area (Å²) in [5, 5.41) is 3.05. The van der Waals surface area contributed by atoms with Gasteiger partial charge in [-0.05, 0) is 11.6 Å².